The third kappa shape index (κ3) is 6.80. The summed E-state index contributed by atoms with van der Waals surface area (Å²) in [7, 11) is 1.45. The van der Waals surface area contributed by atoms with Gasteiger partial charge in [-0.25, -0.2) is 0 Å². The van der Waals surface area contributed by atoms with Gasteiger partial charge in [-0.2, -0.15) is 0 Å². The summed E-state index contributed by atoms with van der Waals surface area (Å²) in [5, 5.41) is 0. The van der Waals surface area contributed by atoms with Crippen LogP contribution in [-0.4, -0.2) is 16.3 Å². The van der Waals surface area contributed by atoms with Crippen molar-refractivity contribution in [2.75, 3.05) is 7.11 Å². The maximum atomic E-state index is 10.9. The minimum absolute atomic E-state index is 0.0790. The molecule has 1 saturated carbocycles. The third-order valence-electron chi connectivity index (χ3n) is 3.37. The summed E-state index contributed by atoms with van der Waals surface area (Å²) >= 11 is 7.30. The van der Waals surface area contributed by atoms with E-state index in [-0.39, 0.29) is 9.20 Å². The molecule has 1 rings (SSSR count). The molecule has 0 heterocycles. The smallest absolute Gasteiger partial charge is 0.305 e. The first-order valence-electron chi connectivity index (χ1n) is 6.51. The van der Waals surface area contributed by atoms with E-state index < -0.39 is 0 Å². The zero-order chi connectivity index (χ0) is 12.7. The number of carbonyl (C=O) groups is 1. The molecule has 0 aromatic carbocycles. The van der Waals surface area contributed by atoms with Crippen molar-refractivity contribution in [2.45, 2.75) is 61.0 Å². The van der Waals surface area contributed by atoms with Crippen LogP contribution in [-0.2, 0) is 9.53 Å². The Labute approximate surface area is 121 Å². The molecule has 0 bridgehead atoms. The van der Waals surface area contributed by atoms with Gasteiger partial charge in [-0.05, 0) is 25.2 Å². The zero-order valence-corrected chi connectivity index (χ0v) is 13.7. The molecule has 1 fully saturated rings. The topological polar surface area (TPSA) is 26.3 Å². The molecule has 0 aromatic heterocycles. The van der Waals surface area contributed by atoms with Gasteiger partial charge in [0.15, 0.2) is 0 Å². The lowest BCUT2D eigenvalue weighted by Gasteiger charge is -2.02. The van der Waals surface area contributed by atoms with Gasteiger partial charge in [-0.1, -0.05) is 64.0 Å². The van der Waals surface area contributed by atoms with Crippen LogP contribution in [0.25, 0.3) is 0 Å². The Morgan fingerprint density at radius 3 is 2.24 bits per heavy atom. The summed E-state index contributed by atoms with van der Waals surface area (Å²) in [4.78, 5) is 10.9. The second-order valence-electron chi connectivity index (χ2n) is 4.90. The monoisotopic (exact) mass is 368 g/mol. The molecule has 0 spiro atoms. The molecule has 0 radical (unpaired) electrons. The lowest BCUT2D eigenvalue weighted by Crippen LogP contribution is -1.99. The molecule has 0 aromatic rings. The highest BCUT2D eigenvalue weighted by molar-refractivity contribution is 9.25. The summed E-state index contributed by atoms with van der Waals surface area (Å²) in [6, 6.07) is 0. The molecule has 4 heteroatoms. The normalized spacial score (nSPS) is 21.2. The summed E-state index contributed by atoms with van der Waals surface area (Å²) in [5.41, 5.74) is 0. The van der Waals surface area contributed by atoms with Crippen LogP contribution in [0.1, 0.15) is 57.8 Å². The van der Waals surface area contributed by atoms with Crippen LogP contribution in [0, 0.1) is 5.92 Å². The van der Waals surface area contributed by atoms with E-state index in [1.807, 2.05) is 0 Å². The molecule has 1 aliphatic rings. The van der Waals surface area contributed by atoms with Gasteiger partial charge in [0.1, 0.15) is 0 Å². The second kappa shape index (κ2) is 7.78. The highest BCUT2D eigenvalue weighted by Gasteiger charge is 2.49. The summed E-state index contributed by atoms with van der Waals surface area (Å²) in [6.45, 7) is 0. The van der Waals surface area contributed by atoms with Gasteiger partial charge >= 0.3 is 5.97 Å². The number of ether oxygens (including phenoxy) is 1. The standard InChI is InChI=1S/C13H22Br2O2/c1-17-12(16)9-7-5-3-2-4-6-8-11-10-13(11,14)15/h11H,2-10H2,1H3. The van der Waals surface area contributed by atoms with Crippen LogP contribution in [0.2, 0.25) is 0 Å². The highest BCUT2D eigenvalue weighted by Crippen LogP contribution is 2.58. The SMILES string of the molecule is COC(=O)CCCCCCCCC1CC1(Br)Br. The van der Waals surface area contributed by atoms with Crippen LogP contribution in [0.15, 0.2) is 0 Å². The molecule has 1 atom stereocenters. The average molecular weight is 370 g/mol. The molecule has 0 saturated heterocycles. The zero-order valence-electron chi connectivity index (χ0n) is 10.5. The van der Waals surface area contributed by atoms with Crippen molar-refractivity contribution in [3.8, 4) is 0 Å². The molecular formula is C13H22Br2O2. The van der Waals surface area contributed by atoms with E-state index in [0.29, 0.717) is 6.42 Å². The molecule has 17 heavy (non-hydrogen) atoms. The van der Waals surface area contributed by atoms with Crippen LogP contribution in [0.3, 0.4) is 0 Å². The predicted molar refractivity (Wildman–Crippen MR) is 77.6 cm³/mol. The molecule has 2 nitrogen and oxygen atoms in total. The minimum atomic E-state index is -0.0790. The van der Waals surface area contributed by atoms with Crippen molar-refractivity contribution >= 4 is 37.8 Å². The quantitative estimate of drug-likeness (QED) is 0.332. The van der Waals surface area contributed by atoms with Gasteiger partial charge in [0.2, 0.25) is 0 Å². The Balaban J connectivity index is 1.78. The molecule has 1 aliphatic carbocycles. The number of esters is 1. The average Bonchev–Trinajstić information content (AvgIpc) is 2.89. The molecule has 0 amide bonds. The fourth-order valence-corrected chi connectivity index (χ4v) is 3.29. The van der Waals surface area contributed by atoms with Crippen molar-refractivity contribution in [1.29, 1.82) is 0 Å². The lowest BCUT2D eigenvalue weighted by molar-refractivity contribution is -0.140. The van der Waals surface area contributed by atoms with E-state index in [4.69, 9.17) is 0 Å². The Bertz CT molecular complexity index is 242. The summed E-state index contributed by atoms with van der Waals surface area (Å²) in [5.74, 6) is 0.756. The van der Waals surface area contributed by atoms with Crippen molar-refractivity contribution < 1.29 is 9.53 Å². The van der Waals surface area contributed by atoms with E-state index in [1.54, 1.807) is 0 Å². The first-order chi connectivity index (χ1) is 8.06. The van der Waals surface area contributed by atoms with Crippen LogP contribution in [0.4, 0.5) is 0 Å². The Morgan fingerprint density at radius 2 is 1.71 bits per heavy atom. The first-order valence-corrected chi connectivity index (χ1v) is 8.09. The van der Waals surface area contributed by atoms with E-state index in [2.05, 4.69) is 36.6 Å². The van der Waals surface area contributed by atoms with E-state index in [9.17, 15) is 4.79 Å². The third-order valence-corrected chi connectivity index (χ3v) is 5.31. The van der Waals surface area contributed by atoms with Crippen LogP contribution >= 0.6 is 31.9 Å². The predicted octanol–water partition coefficient (Wildman–Crippen LogP) is 4.79. The Morgan fingerprint density at radius 1 is 1.18 bits per heavy atom. The van der Waals surface area contributed by atoms with Crippen molar-refractivity contribution in [3.05, 3.63) is 0 Å². The van der Waals surface area contributed by atoms with Gasteiger partial charge < -0.3 is 4.74 Å². The van der Waals surface area contributed by atoms with Crippen LogP contribution < -0.4 is 0 Å². The Kier molecular flexibility index (Phi) is 7.08. The number of carbonyl (C=O) groups excluding carboxylic acids is 1. The van der Waals surface area contributed by atoms with Crippen LogP contribution in [0.5, 0.6) is 0 Å². The lowest BCUT2D eigenvalue weighted by atomic mass is 10.1. The second-order valence-corrected chi connectivity index (χ2v) is 8.79. The fourth-order valence-electron chi connectivity index (χ4n) is 2.05. The van der Waals surface area contributed by atoms with E-state index in [0.717, 1.165) is 18.8 Å². The maximum absolute atomic E-state index is 10.9. The maximum Gasteiger partial charge on any atom is 0.305 e. The number of hydrogen-bond donors (Lipinski definition) is 0. The van der Waals surface area contributed by atoms with Gasteiger partial charge in [-0.15, -0.1) is 0 Å². The number of rotatable bonds is 9. The number of hydrogen-bond acceptors (Lipinski definition) is 2. The molecule has 100 valence electrons. The van der Waals surface area contributed by atoms with Gasteiger partial charge in [0, 0.05) is 6.42 Å². The molecular weight excluding hydrogens is 348 g/mol. The van der Waals surface area contributed by atoms with Gasteiger partial charge in [-0.3, -0.25) is 4.79 Å². The van der Waals surface area contributed by atoms with E-state index in [1.165, 1.54) is 45.6 Å². The number of alkyl halides is 2. The summed E-state index contributed by atoms with van der Waals surface area (Å²) < 4.78 is 4.88. The number of unbranched alkanes of at least 4 members (excludes halogenated alkanes) is 5. The fraction of sp³-hybridized carbons (Fsp3) is 0.923. The van der Waals surface area contributed by atoms with Gasteiger partial charge in [0.25, 0.3) is 0 Å². The molecule has 0 N–H and O–H groups in total. The van der Waals surface area contributed by atoms with Crippen molar-refractivity contribution in [1.82, 2.24) is 0 Å². The van der Waals surface area contributed by atoms with E-state index >= 15 is 0 Å². The number of halogens is 2. The molecule has 1 unspecified atom stereocenters. The Hall–Kier alpha value is 0.430. The highest BCUT2D eigenvalue weighted by atomic mass is 79.9. The molecule has 0 aliphatic heterocycles. The largest absolute Gasteiger partial charge is 0.469 e. The van der Waals surface area contributed by atoms with Crippen molar-refractivity contribution in [3.63, 3.8) is 0 Å². The summed E-state index contributed by atoms with van der Waals surface area (Å²) in [6.07, 6.45) is 10.5. The van der Waals surface area contributed by atoms with Crippen molar-refractivity contribution in [2.24, 2.45) is 5.92 Å². The number of methoxy groups -OCH3 is 1. The first kappa shape index (κ1) is 15.5. The van der Waals surface area contributed by atoms with Gasteiger partial charge in [0.05, 0.1) is 10.3 Å². The minimum Gasteiger partial charge on any atom is -0.469 e.